The van der Waals surface area contributed by atoms with Crippen molar-refractivity contribution < 1.29 is 9.21 Å². The van der Waals surface area contributed by atoms with Crippen molar-refractivity contribution in [2.45, 2.75) is 32.2 Å². The molecule has 2 heterocycles. The summed E-state index contributed by atoms with van der Waals surface area (Å²) < 4.78 is 7.09. The van der Waals surface area contributed by atoms with E-state index in [4.69, 9.17) is 4.42 Å². The summed E-state index contributed by atoms with van der Waals surface area (Å²) in [7, 11) is 0. The zero-order chi connectivity index (χ0) is 15.5. The van der Waals surface area contributed by atoms with Crippen LogP contribution in [-0.4, -0.2) is 22.2 Å². The fourth-order valence-electron chi connectivity index (χ4n) is 2.56. The van der Waals surface area contributed by atoms with Gasteiger partial charge in [-0.1, -0.05) is 0 Å². The summed E-state index contributed by atoms with van der Waals surface area (Å²) in [5, 5.41) is 7.12. The van der Waals surface area contributed by atoms with E-state index in [1.165, 1.54) is 4.68 Å². The highest BCUT2D eigenvalue weighted by molar-refractivity contribution is 9.10. The van der Waals surface area contributed by atoms with Gasteiger partial charge in [0.05, 0.1) is 12.2 Å². The van der Waals surface area contributed by atoms with Crippen molar-refractivity contribution in [1.82, 2.24) is 15.1 Å². The topological polar surface area (TPSA) is 77.1 Å². The fraction of sp³-hybridized carbons (Fsp3) is 0.400. The van der Waals surface area contributed by atoms with Gasteiger partial charge in [-0.25, -0.2) is 4.68 Å². The number of aryl methyl sites for hydroxylation is 2. The Kier molecular flexibility index (Phi) is 4.42. The van der Waals surface area contributed by atoms with Crippen LogP contribution in [0.4, 0.5) is 0 Å². The smallest absolute Gasteiger partial charge is 0.287 e. The van der Waals surface area contributed by atoms with Crippen molar-refractivity contribution in [2.24, 2.45) is 0 Å². The van der Waals surface area contributed by atoms with Gasteiger partial charge in [0.1, 0.15) is 0 Å². The number of furan rings is 1. The lowest BCUT2D eigenvalue weighted by atomic mass is 9.97. The molecule has 0 fully saturated rings. The van der Waals surface area contributed by atoms with Gasteiger partial charge in [-0.05, 0) is 59.3 Å². The molecule has 1 aliphatic carbocycles. The van der Waals surface area contributed by atoms with Crippen LogP contribution in [0.1, 0.15) is 34.7 Å². The number of nitrogens with one attached hydrogen (secondary N) is 1. The lowest BCUT2D eigenvalue weighted by molar-refractivity contribution is 0.0922. The van der Waals surface area contributed by atoms with Crippen LogP contribution < -0.4 is 10.9 Å². The maximum absolute atomic E-state index is 12.0. The Balaban J connectivity index is 1.62. The summed E-state index contributed by atoms with van der Waals surface area (Å²) in [4.78, 5) is 23.8. The van der Waals surface area contributed by atoms with Crippen molar-refractivity contribution >= 4 is 21.8 Å². The molecular weight excluding hydrogens is 350 g/mol. The number of rotatable bonds is 4. The van der Waals surface area contributed by atoms with Gasteiger partial charge in [0.25, 0.3) is 11.5 Å². The third-order valence-electron chi connectivity index (χ3n) is 3.68. The molecule has 0 unspecified atom stereocenters. The molecule has 0 radical (unpaired) electrons. The number of carbonyl (C=O) groups is 1. The summed E-state index contributed by atoms with van der Waals surface area (Å²) in [5.41, 5.74) is 1.96. The average molecular weight is 366 g/mol. The molecule has 1 aliphatic rings. The second kappa shape index (κ2) is 6.48. The van der Waals surface area contributed by atoms with E-state index in [9.17, 15) is 9.59 Å². The predicted octanol–water partition coefficient (Wildman–Crippen LogP) is 1.91. The molecule has 2 aromatic heterocycles. The summed E-state index contributed by atoms with van der Waals surface area (Å²) in [5.74, 6) is -0.0747. The minimum atomic E-state index is -0.309. The first-order valence-corrected chi connectivity index (χ1v) is 8.06. The average Bonchev–Trinajstić information content (AvgIpc) is 2.94. The monoisotopic (exact) mass is 365 g/mol. The van der Waals surface area contributed by atoms with Crippen molar-refractivity contribution in [2.75, 3.05) is 6.54 Å². The fourth-order valence-corrected chi connectivity index (χ4v) is 2.87. The molecule has 7 heteroatoms. The van der Waals surface area contributed by atoms with Gasteiger partial charge in [-0.3, -0.25) is 9.59 Å². The predicted molar refractivity (Wildman–Crippen MR) is 83.9 cm³/mol. The van der Waals surface area contributed by atoms with E-state index in [0.29, 0.717) is 17.8 Å². The summed E-state index contributed by atoms with van der Waals surface area (Å²) >= 11 is 3.15. The lowest BCUT2D eigenvalue weighted by Crippen LogP contribution is -2.33. The highest BCUT2D eigenvalue weighted by Gasteiger charge is 2.14. The molecule has 2 aromatic rings. The number of hydrogen-bond donors (Lipinski definition) is 1. The van der Waals surface area contributed by atoms with Crippen LogP contribution >= 0.6 is 15.9 Å². The zero-order valence-corrected chi connectivity index (χ0v) is 13.6. The van der Waals surface area contributed by atoms with Crippen LogP contribution in [0.2, 0.25) is 0 Å². The van der Waals surface area contributed by atoms with E-state index in [-0.39, 0.29) is 17.2 Å². The normalized spacial score (nSPS) is 13.7. The van der Waals surface area contributed by atoms with E-state index >= 15 is 0 Å². The van der Waals surface area contributed by atoms with Crippen LogP contribution in [0.25, 0.3) is 0 Å². The van der Waals surface area contributed by atoms with Gasteiger partial charge >= 0.3 is 0 Å². The van der Waals surface area contributed by atoms with Crippen LogP contribution in [0.5, 0.6) is 0 Å². The highest BCUT2D eigenvalue weighted by Crippen LogP contribution is 2.16. The Bertz CT molecular complexity index is 751. The van der Waals surface area contributed by atoms with E-state index in [1.54, 1.807) is 18.2 Å². The number of hydrogen-bond acceptors (Lipinski definition) is 4. The van der Waals surface area contributed by atoms with Gasteiger partial charge in [-0.2, -0.15) is 5.10 Å². The number of aromatic nitrogens is 2. The van der Waals surface area contributed by atoms with E-state index in [0.717, 1.165) is 36.9 Å². The number of fused-ring (bicyclic) bond motifs is 1. The van der Waals surface area contributed by atoms with Gasteiger partial charge in [-0.15, -0.1) is 0 Å². The molecule has 0 bridgehead atoms. The van der Waals surface area contributed by atoms with Crippen LogP contribution in [0.3, 0.4) is 0 Å². The first kappa shape index (κ1) is 15.0. The van der Waals surface area contributed by atoms with Crippen molar-refractivity contribution in [1.29, 1.82) is 0 Å². The molecule has 0 spiro atoms. The Labute approximate surface area is 135 Å². The van der Waals surface area contributed by atoms with Crippen LogP contribution in [-0.2, 0) is 19.4 Å². The van der Waals surface area contributed by atoms with Gasteiger partial charge in [0.2, 0.25) is 0 Å². The van der Waals surface area contributed by atoms with E-state index < -0.39 is 0 Å². The minimum Gasteiger partial charge on any atom is -0.444 e. The lowest BCUT2D eigenvalue weighted by Gasteiger charge is -2.15. The van der Waals surface area contributed by atoms with Gasteiger partial charge < -0.3 is 9.73 Å². The molecule has 0 saturated carbocycles. The van der Waals surface area contributed by atoms with Crippen molar-refractivity contribution in [3.63, 3.8) is 0 Å². The minimum absolute atomic E-state index is 0.115. The number of halogens is 1. The summed E-state index contributed by atoms with van der Waals surface area (Å²) in [6, 6.07) is 4.92. The van der Waals surface area contributed by atoms with Crippen LogP contribution in [0.15, 0.2) is 32.1 Å². The molecule has 116 valence electrons. The molecule has 0 atom stereocenters. The standard InChI is InChI=1S/C15H16BrN3O3/c16-13-6-5-12(22-13)15(21)17-7-8-19-14(20)9-10-3-1-2-4-11(10)18-19/h5-6,9H,1-4,7-8H2,(H,17,21). The second-order valence-corrected chi connectivity index (χ2v) is 6.03. The van der Waals surface area contributed by atoms with E-state index in [2.05, 4.69) is 26.3 Å². The van der Waals surface area contributed by atoms with Gasteiger partial charge in [0.15, 0.2) is 10.4 Å². The molecular formula is C15H16BrN3O3. The molecule has 3 rings (SSSR count). The summed E-state index contributed by atoms with van der Waals surface area (Å²) in [6.45, 7) is 0.669. The summed E-state index contributed by atoms with van der Waals surface area (Å²) in [6.07, 6.45) is 4.08. The maximum Gasteiger partial charge on any atom is 0.287 e. The number of carbonyl (C=O) groups excluding carboxylic acids is 1. The van der Waals surface area contributed by atoms with Crippen molar-refractivity contribution in [3.8, 4) is 0 Å². The Hall–Kier alpha value is -1.89. The van der Waals surface area contributed by atoms with E-state index in [1.807, 2.05) is 0 Å². The first-order chi connectivity index (χ1) is 10.6. The Morgan fingerprint density at radius 1 is 1.36 bits per heavy atom. The SMILES string of the molecule is O=C(NCCn1nc2c(cc1=O)CCCC2)c1ccc(Br)o1. The molecule has 1 N–H and O–H groups in total. The van der Waals surface area contributed by atoms with Crippen molar-refractivity contribution in [3.05, 3.63) is 50.2 Å². The maximum atomic E-state index is 12.0. The first-order valence-electron chi connectivity index (χ1n) is 7.27. The molecule has 22 heavy (non-hydrogen) atoms. The zero-order valence-electron chi connectivity index (χ0n) is 12.0. The molecule has 1 amide bonds. The Morgan fingerprint density at radius 3 is 2.95 bits per heavy atom. The molecule has 0 aromatic carbocycles. The highest BCUT2D eigenvalue weighted by atomic mass is 79.9. The third kappa shape index (κ3) is 3.30. The molecule has 0 aliphatic heterocycles. The quantitative estimate of drug-likeness (QED) is 0.897. The van der Waals surface area contributed by atoms with Gasteiger partial charge in [0, 0.05) is 12.6 Å². The third-order valence-corrected chi connectivity index (χ3v) is 4.11. The second-order valence-electron chi connectivity index (χ2n) is 5.24. The molecule has 0 saturated heterocycles. The number of nitrogens with zero attached hydrogens (tertiary/aromatic N) is 2. The Morgan fingerprint density at radius 2 is 2.18 bits per heavy atom. The number of amides is 1. The van der Waals surface area contributed by atoms with Crippen LogP contribution in [0, 0.1) is 0 Å². The largest absolute Gasteiger partial charge is 0.444 e. The molecule has 6 nitrogen and oxygen atoms in total.